The van der Waals surface area contributed by atoms with Crippen molar-refractivity contribution in [2.24, 2.45) is 0 Å². The number of aromatic nitrogens is 4. The quantitative estimate of drug-likeness (QED) is 0.698. The van der Waals surface area contributed by atoms with Crippen LogP contribution in [0.1, 0.15) is 18.9 Å². The zero-order valence-electron chi connectivity index (χ0n) is 10.8. The van der Waals surface area contributed by atoms with Gasteiger partial charge in [0.1, 0.15) is 17.3 Å². The first-order valence-electron chi connectivity index (χ1n) is 5.92. The highest BCUT2D eigenvalue weighted by atomic mass is 35.5. The number of nitrogens with one attached hydrogen (secondary N) is 1. The van der Waals surface area contributed by atoms with Crippen LogP contribution in [-0.2, 0) is 0 Å². The normalized spacial score (nSPS) is 12.1. The summed E-state index contributed by atoms with van der Waals surface area (Å²) >= 11 is 6.05. The summed E-state index contributed by atoms with van der Waals surface area (Å²) in [5.74, 6) is 0.927. The Labute approximate surface area is 115 Å². The fourth-order valence-corrected chi connectivity index (χ4v) is 1.90. The summed E-state index contributed by atoms with van der Waals surface area (Å²) in [5.41, 5.74) is -0.159. The van der Waals surface area contributed by atoms with Crippen LogP contribution in [0.5, 0.6) is 0 Å². The van der Waals surface area contributed by atoms with E-state index in [-0.39, 0.29) is 13.2 Å². The maximum absolute atomic E-state index is 9.50. The van der Waals surface area contributed by atoms with Crippen molar-refractivity contribution in [3.63, 3.8) is 0 Å². The zero-order valence-corrected chi connectivity index (χ0v) is 11.5. The second-order valence-corrected chi connectivity index (χ2v) is 4.78. The highest BCUT2D eigenvalue weighted by molar-refractivity contribution is 6.30. The molecule has 0 spiro atoms. The number of fused-ring (bicyclic) bond motifs is 1. The maximum atomic E-state index is 9.50. The van der Waals surface area contributed by atoms with E-state index in [1.807, 2.05) is 6.92 Å². The largest absolute Gasteiger partial charge is 0.394 e. The third kappa shape index (κ3) is 2.36. The molecule has 2 rings (SSSR count). The monoisotopic (exact) mass is 285 g/mol. The molecule has 8 heteroatoms. The fraction of sp³-hybridized carbons (Fsp3) is 0.545. The first kappa shape index (κ1) is 14.0. The van der Waals surface area contributed by atoms with Crippen LogP contribution in [0.15, 0.2) is 6.33 Å². The summed E-state index contributed by atoms with van der Waals surface area (Å²) in [7, 11) is 0. The summed E-state index contributed by atoms with van der Waals surface area (Å²) in [4.78, 5) is 8.07. The molecule has 0 aromatic carbocycles. The van der Waals surface area contributed by atoms with Crippen molar-refractivity contribution in [1.82, 2.24) is 19.6 Å². The number of aliphatic hydroxyl groups is 2. The molecular formula is C11H16ClN5O2. The van der Waals surface area contributed by atoms with Gasteiger partial charge in [-0.15, -0.1) is 0 Å². The van der Waals surface area contributed by atoms with E-state index in [4.69, 9.17) is 11.6 Å². The third-order valence-corrected chi connectivity index (χ3v) is 3.64. The molecule has 0 atom stereocenters. The van der Waals surface area contributed by atoms with Gasteiger partial charge in [0, 0.05) is 5.56 Å². The summed E-state index contributed by atoms with van der Waals surface area (Å²) < 4.78 is 1.50. The number of aliphatic hydroxyl groups excluding tert-OH is 2. The lowest BCUT2D eigenvalue weighted by Gasteiger charge is -2.31. The molecule has 0 aliphatic carbocycles. The first-order valence-corrected chi connectivity index (χ1v) is 6.30. The van der Waals surface area contributed by atoms with Crippen LogP contribution in [0.3, 0.4) is 0 Å². The predicted octanol–water partition coefficient (Wildman–Crippen LogP) is 0.631. The highest BCUT2D eigenvalue weighted by Crippen LogP contribution is 2.26. The van der Waals surface area contributed by atoms with Crippen molar-refractivity contribution >= 4 is 23.2 Å². The van der Waals surface area contributed by atoms with Gasteiger partial charge in [-0.1, -0.05) is 18.5 Å². The zero-order chi connectivity index (χ0) is 14.0. The molecule has 0 radical (unpaired) electrons. The van der Waals surface area contributed by atoms with Gasteiger partial charge in [0.2, 0.25) is 0 Å². The highest BCUT2D eigenvalue weighted by Gasteiger charge is 2.28. The SMILES string of the molecule is CCC(CO)(CO)Nc1c(C)c(Cl)nc2ncnn12. The molecule has 7 nitrogen and oxygen atoms in total. The van der Waals surface area contributed by atoms with Crippen LogP contribution in [0, 0.1) is 6.92 Å². The Morgan fingerprint density at radius 1 is 1.42 bits per heavy atom. The standard InChI is InChI=1S/C11H16ClN5O2/c1-3-11(4-18,5-19)16-9-7(2)8(12)15-10-13-6-14-17(9)10/h6,16,18-19H,3-5H2,1-2H3. The van der Waals surface area contributed by atoms with E-state index in [1.54, 1.807) is 6.92 Å². The lowest BCUT2D eigenvalue weighted by Crippen LogP contribution is -2.46. The lowest BCUT2D eigenvalue weighted by molar-refractivity contribution is 0.132. The fourth-order valence-electron chi connectivity index (χ4n) is 1.74. The molecule has 0 unspecified atom stereocenters. The van der Waals surface area contributed by atoms with Gasteiger partial charge in [-0.25, -0.2) is 0 Å². The smallest absolute Gasteiger partial charge is 0.255 e. The minimum Gasteiger partial charge on any atom is -0.394 e. The van der Waals surface area contributed by atoms with Gasteiger partial charge in [0.05, 0.1) is 18.8 Å². The summed E-state index contributed by atoms with van der Waals surface area (Å²) in [5, 5.41) is 26.5. The van der Waals surface area contributed by atoms with Crippen molar-refractivity contribution < 1.29 is 10.2 Å². The van der Waals surface area contributed by atoms with Crippen molar-refractivity contribution in [2.45, 2.75) is 25.8 Å². The van der Waals surface area contributed by atoms with E-state index < -0.39 is 5.54 Å². The maximum Gasteiger partial charge on any atom is 0.255 e. The molecular weight excluding hydrogens is 270 g/mol. The molecule has 0 aliphatic heterocycles. The van der Waals surface area contributed by atoms with Gasteiger partial charge in [-0.05, 0) is 13.3 Å². The molecule has 0 saturated carbocycles. The molecule has 0 aliphatic rings. The van der Waals surface area contributed by atoms with Crippen molar-refractivity contribution in [2.75, 3.05) is 18.5 Å². The number of hydrogen-bond donors (Lipinski definition) is 3. The van der Waals surface area contributed by atoms with Gasteiger partial charge in [0.25, 0.3) is 5.78 Å². The Kier molecular flexibility index (Phi) is 3.88. The number of halogens is 1. The molecule has 104 valence electrons. The molecule has 3 N–H and O–H groups in total. The summed E-state index contributed by atoms with van der Waals surface area (Å²) in [6.07, 6.45) is 1.91. The second-order valence-electron chi connectivity index (χ2n) is 4.42. The van der Waals surface area contributed by atoms with Crippen LogP contribution >= 0.6 is 11.6 Å². The van der Waals surface area contributed by atoms with Crippen LogP contribution in [0.4, 0.5) is 5.82 Å². The Balaban J connectivity index is 2.55. The minimum atomic E-state index is -0.839. The van der Waals surface area contributed by atoms with E-state index in [9.17, 15) is 10.2 Å². The van der Waals surface area contributed by atoms with Crippen LogP contribution in [-0.4, -0.2) is 48.5 Å². The van der Waals surface area contributed by atoms with Crippen LogP contribution in [0.2, 0.25) is 5.15 Å². The average molecular weight is 286 g/mol. The van der Waals surface area contributed by atoms with E-state index in [0.717, 1.165) is 0 Å². The Hall–Kier alpha value is -1.44. The van der Waals surface area contributed by atoms with E-state index >= 15 is 0 Å². The van der Waals surface area contributed by atoms with Gasteiger partial charge in [-0.3, -0.25) is 0 Å². The summed E-state index contributed by atoms with van der Waals surface area (Å²) in [6, 6.07) is 0. The molecule has 19 heavy (non-hydrogen) atoms. The van der Waals surface area contributed by atoms with Crippen LogP contribution < -0.4 is 5.32 Å². The Morgan fingerprint density at radius 3 is 2.68 bits per heavy atom. The van der Waals surface area contributed by atoms with E-state index in [0.29, 0.717) is 28.7 Å². The van der Waals surface area contributed by atoms with E-state index in [2.05, 4.69) is 20.4 Å². The summed E-state index contributed by atoms with van der Waals surface area (Å²) in [6.45, 7) is 3.23. The van der Waals surface area contributed by atoms with Gasteiger partial charge in [0.15, 0.2) is 0 Å². The topological polar surface area (TPSA) is 95.6 Å². The lowest BCUT2D eigenvalue weighted by atomic mass is 9.98. The number of nitrogens with zero attached hydrogens (tertiary/aromatic N) is 4. The van der Waals surface area contributed by atoms with Crippen molar-refractivity contribution in [3.8, 4) is 0 Å². The van der Waals surface area contributed by atoms with Gasteiger partial charge in [-0.2, -0.15) is 19.6 Å². The minimum absolute atomic E-state index is 0.213. The van der Waals surface area contributed by atoms with Crippen molar-refractivity contribution in [1.29, 1.82) is 0 Å². The number of rotatable bonds is 5. The molecule has 2 aromatic heterocycles. The number of anilines is 1. The van der Waals surface area contributed by atoms with E-state index in [1.165, 1.54) is 10.8 Å². The average Bonchev–Trinajstić information content (AvgIpc) is 2.88. The third-order valence-electron chi connectivity index (χ3n) is 3.27. The van der Waals surface area contributed by atoms with Gasteiger partial charge >= 0.3 is 0 Å². The van der Waals surface area contributed by atoms with Gasteiger partial charge < -0.3 is 15.5 Å². The second kappa shape index (κ2) is 5.28. The van der Waals surface area contributed by atoms with Crippen molar-refractivity contribution in [3.05, 3.63) is 17.0 Å². The molecule has 0 fully saturated rings. The molecule has 2 heterocycles. The van der Waals surface area contributed by atoms with Crippen LogP contribution in [0.25, 0.3) is 5.78 Å². The Morgan fingerprint density at radius 2 is 2.11 bits per heavy atom. The molecule has 2 aromatic rings. The number of hydrogen-bond acceptors (Lipinski definition) is 6. The first-order chi connectivity index (χ1) is 9.06. The predicted molar refractivity (Wildman–Crippen MR) is 71.3 cm³/mol. The molecule has 0 bridgehead atoms. The Bertz CT molecular complexity index is 573. The molecule has 0 amide bonds. The molecule has 0 saturated heterocycles.